The number of Topliss-reactive ketones (excluding diaryl/α,β-unsaturated/α-hetero) is 1. The Balaban J connectivity index is 1.72. The quantitative estimate of drug-likeness (QED) is 0.140. The number of carbonyl (C=O) groups is 2. The fraction of sp³-hybridized carbons (Fsp3) is 0.258. The average Bonchev–Trinajstić information content (AvgIpc) is 3.56. The van der Waals surface area contributed by atoms with Crippen molar-refractivity contribution >= 4 is 44.1 Å². The van der Waals surface area contributed by atoms with Gasteiger partial charge in [0.05, 0.1) is 56.9 Å². The number of anilines is 1. The molecule has 1 aliphatic rings. The standard InChI is InChI=1S/C31H30N2O8S/c1-6-13-41-19-9-7-17(8-10-19)27(34)25-26(18-14-22(38-3)29(40-5)23(15-18)39-4)33(30(36)28(25)35)31-32-21-12-11-20(37-2)16-24(21)42-31/h7-12,14-16,26,34H,6,13H2,1-5H3/b27-25+. The molecule has 1 atom stereocenters. The molecule has 1 unspecified atom stereocenters. The lowest BCUT2D eigenvalue weighted by atomic mass is 9.94. The molecule has 0 radical (unpaired) electrons. The Morgan fingerprint density at radius 2 is 1.57 bits per heavy atom. The normalized spacial score (nSPS) is 16.1. The molecule has 1 fully saturated rings. The first kappa shape index (κ1) is 28.7. The highest BCUT2D eigenvalue weighted by Gasteiger charge is 2.48. The number of ketones is 1. The highest BCUT2D eigenvalue weighted by molar-refractivity contribution is 7.22. The maximum absolute atomic E-state index is 13.7. The first-order valence-corrected chi connectivity index (χ1v) is 14.0. The number of methoxy groups -OCH3 is 4. The topological polar surface area (TPSA) is 117 Å². The van der Waals surface area contributed by atoms with Gasteiger partial charge in [-0.05, 0) is 66.6 Å². The maximum atomic E-state index is 13.7. The fourth-order valence-corrected chi connectivity index (χ4v) is 5.83. The van der Waals surface area contributed by atoms with Gasteiger partial charge in [-0.1, -0.05) is 18.3 Å². The number of rotatable bonds is 10. The Kier molecular flexibility index (Phi) is 8.21. The van der Waals surface area contributed by atoms with Crippen LogP contribution in [0.1, 0.15) is 30.5 Å². The zero-order chi connectivity index (χ0) is 30.0. The van der Waals surface area contributed by atoms with Gasteiger partial charge in [0.1, 0.15) is 17.3 Å². The van der Waals surface area contributed by atoms with Gasteiger partial charge in [-0.3, -0.25) is 14.5 Å². The molecular weight excluding hydrogens is 560 g/mol. The summed E-state index contributed by atoms with van der Waals surface area (Å²) in [5, 5.41) is 11.8. The summed E-state index contributed by atoms with van der Waals surface area (Å²) in [5.41, 5.74) is 1.32. The van der Waals surface area contributed by atoms with Crippen molar-refractivity contribution in [2.75, 3.05) is 39.9 Å². The van der Waals surface area contributed by atoms with E-state index >= 15 is 0 Å². The number of fused-ring (bicyclic) bond motifs is 1. The number of hydrogen-bond donors (Lipinski definition) is 1. The molecule has 0 aliphatic carbocycles. The number of aliphatic hydroxyl groups excluding tert-OH is 1. The minimum absolute atomic E-state index is 0.103. The van der Waals surface area contributed by atoms with E-state index in [2.05, 4.69) is 4.98 Å². The molecule has 1 aliphatic heterocycles. The summed E-state index contributed by atoms with van der Waals surface area (Å²) in [6.45, 7) is 2.55. The summed E-state index contributed by atoms with van der Waals surface area (Å²) in [6, 6.07) is 14.3. The molecule has 0 spiro atoms. The number of aromatic nitrogens is 1. The number of amides is 1. The second-order valence-electron chi connectivity index (χ2n) is 9.33. The smallest absolute Gasteiger partial charge is 0.301 e. The lowest BCUT2D eigenvalue weighted by Gasteiger charge is -2.24. The highest BCUT2D eigenvalue weighted by atomic mass is 32.1. The molecule has 3 aromatic carbocycles. The van der Waals surface area contributed by atoms with Gasteiger partial charge in [-0.2, -0.15) is 0 Å². The van der Waals surface area contributed by atoms with Crippen LogP contribution in [-0.4, -0.2) is 56.8 Å². The van der Waals surface area contributed by atoms with E-state index < -0.39 is 17.7 Å². The lowest BCUT2D eigenvalue weighted by molar-refractivity contribution is -0.132. The second-order valence-corrected chi connectivity index (χ2v) is 10.3. The van der Waals surface area contributed by atoms with Gasteiger partial charge in [-0.25, -0.2) is 4.98 Å². The van der Waals surface area contributed by atoms with Gasteiger partial charge >= 0.3 is 5.91 Å². The van der Waals surface area contributed by atoms with Crippen LogP contribution in [0.25, 0.3) is 16.0 Å². The Hall–Kier alpha value is -4.77. The monoisotopic (exact) mass is 590 g/mol. The van der Waals surface area contributed by atoms with Gasteiger partial charge in [0.2, 0.25) is 5.75 Å². The average molecular weight is 591 g/mol. The van der Waals surface area contributed by atoms with Crippen LogP contribution in [0, 0.1) is 0 Å². The maximum Gasteiger partial charge on any atom is 0.301 e. The summed E-state index contributed by atoms with van der Waals surface area (Å²) in [5.74, 6) is 0.230. The summed E-state index contributed by atoms with van der Waals surface area (Å²) in [6.07, 6.45) is 0.846. The third-order valence-corrected chi connectivity index (χ3v) is 7.86. The fourth-order valence-electron chi connectivity index (χ4n) is 4.81. The summed E-state index contributed by atoms with van der Waals surface area (Å²) in [4.78, 5) is 33.3. The molecule has 5 rings (SSSR count). The van der Waals surface area contributed by atoms with Crippen molar-refractivity contribution in [3.05, 3.63) is 71.3 Å². The highest BCUT2D eigenvalue weighted by Crippen LogP contribution is 2.48. The summed E-state index contributed by atoms with van der Waals surface area (Å²) in [7, 11) is 5.99. The SMILES string of the molecule is CCCOc1ccc(/C(O)=C2\C(=O)C(=O)N(c3nc4ccc(OC)cc4s3)C2c2cc(OC)c(OC)c(OC)c2)cc1. The third-order valence-electron chi connectivity index (χ3n) is 6.84. The van der Waals surface area contributed by atoms with Crippen molar-refractivity contribution < 1.29 is 38.4 Å². The molecule has 1 N–H and O–H groups in total. The molecule has 4 aromatic rings. The number of thiazole rings is 1. The second kappa shape index (κ2) is 12.0. The summed E-state index contributed by atoms with van der Waals surface area (Å²) >= 11 is 1.23. The number of ether oxygens (including phenoxy) is 5. The molecule has 218 valence electrons. The Bertz CT molecular complexity index is 1650. The van der Waals surface area contributed by atoms with Crippen molar-refractivity contribution in [1.29, 1.82) is 0 Å². The van der Waals surface area contributed by atoms with Crippen molar-refractivity contribution in [3.8, 4) is 28.7 Å². The van der Waals surface area contributed by atoms with Crippen LogP contribution in [-0.2, 0) is 9.59 Å². The first-order chi connectivity index (χ1) is 20.3. The van der Waals surface area contributed by atoms with Crippen LogP contribution < -0.4 is 28.6 Å². The largest absolute Gasteiger partial charge is 0.507 e. The van der Waals surface area contributed by atoms with Crippen LogP contribution in [0.15, 0.2) is 60.2 Å². The zero-order valence-corrected chi connectivity index (χ0v) is 24.6. The van der Waals surface area contributed by atoms with Crippen LogP contribution in [0.5, 0.6) is 28.7 Å². The minimum atomic E-state index is -1.06. The van der Waals surface area contributed by atoms with Crippen molar-refractivity contribution in [2.45, 2.75) is 19.4 Å². The molecular formula is C31H30N2O8S. The van der Waals surface area contributed by atoms with Gasteiger partial charge in [-0.15, -0.1) is 0 Å². The predicted octanol–water partition coefficient (Wildman–Crippen LogP) is 5.75. The number of carbonyl (C=O) groups excluding carboxylic acids is 2. The Labute approximate surface area is 246 Å². The van der Waals surface area contributed by atoms with E-state index in [1.54, 1.807) is 55.6 Å². The molecule has 1 amide bonds. The Morgan fingerprint density at radius 3 is 2.17 bits per heavy atom. The third kappa shape index (κ3) is 5.07. The molecule has 0 bridgehead atoms. The van der Waals surface area contributed by atoms with E-state index in [1.807, 2.05) is 13.0 Å². The minimum Gasteiger partial charge on any atom is -0.507 e. The number of nitrogens with zero attached hydrogens (tertiary/aromatic N) is 2. The molecule has 10 nitrogen and oxygen atoms in total. The van der Waals surface area contributed by atoms with Crippen LogP contribution >= 0.6 is 11.3 Å². The van der Waals surface area contributed by atoms with E-state index in [9.17, 15) is 14.7 Å². The van der Waals surface area contributed by atoms with Crippen LogP contribution in [0.4, 0.5) is 5.13 Å². The molecule has 2 heterocycles. The van der Waals surface area contributed by atoms with Crippen molar-refractivity contribution in [1.82, 2.24) is 4.98 Å². The first-order valence-electron chi connectivity index (χ1n) is 13.1. The molecule has 42 heavy (non-hydrogen) atoms. The molecule has 11 heteroatoms. The zero-order valence-electron chi connectivity index (χ0n) is 23.8. The van der Waals surface area contributed by atoms with Gasteiger partial charge in [0, 0.05) is 5.56 Å². The molecule has 0 saturated carbocycles. The van der Waals surface area contributed by atoms with Crippen LogP contribution in [0.2, 0.25) is 0 Å². The molecule has 1 saturated heterocycles. The van der Waals surface area contributed by atoms with Crippen LogP contribution in [0.3, 0.4) is 0 Å². The number of benzene rings is 3. The predicted molar refractivity (Wildman–Crippen MR) is 159 cm³/mol. The number of hydrogen-bond acceptors (Lipinski definition) is 10. The van der Waals surface area contributed by atoms with Gasteiger partial charge in [0.25, 0.3) is 5.78 Å². The van der Waals surface area contributed by atoms with E-state index in [1.165, 1.54) is 37.6 Å². The van der Waals surface area contributed by atoms with Gasteiger partial charge < -0.3 is 28.8 Å². The lowest BCUT2D eigenvalue weighted by Crippen LogP contribution is -2.29. The van der Waals surface area contributed by atoms with Gasteiger partial charge in [0.15, 0.2) is 16.6 Å². The Morgan fingerprint density at radius 1 is 0.905 bits per heavy atom. The number of aliphatic hydroxyl groups is 1. The van der Waals surface area contributed by atoms with E-state index in [0.29, 0.717) is 52.0 Å². The van der Waals surface area contributed by atoms with Crippen molar-refractivity contribution in [3.63, 3.8) is 0 Å². The molecule has 1 aromatic heterocycles. The van der Waals surface area contributed by atoms with Crippen molar-refractivity contribution in [2.24, 2.45) is 0 Å². The summed E-state index contributed by atoms with van der Waals surface area (Å²) < 4.78 is 28.4. The van der Waals surface area contributed by atoms with E-state index in [0.717, 1.165) is 11.1 Å². The van der Waals surface area contributed by atoms with E-state index in [4.69, 9.17) is 23.7 Å². The van der Waals surface area contributed by atoms with E-state index in [-0.39, 0.29) is 16.5 Å².